The van der Waals surface area contributed by atoms with Gasteiger partial charge in [0.05, 0.1) is 53.8 Å². The minimum absolute atomic E-state index is 0.0164. The fourth-order valence-electron chi connectivity index (χ4n) is 7.67. The SMILES string of the molecule is Cc1c(C(=O)N(c2ccc(O)cc2)c2cnn(C)c2)cc(C2Oc3occc3C=C2C(=O)N2Cc3ccccc3C[C@H]2CN2CCOCC2)n1CC(F)(F)F. The number of ether oxygens (including phenoxy) is 2. The maximum atomic E-state index is 15.0. The van der Waals surface area contributed by atoms with Gasteiger partial charge in [-0.05, 0) is 66.9 Å². The maximum Gasteiger partial charge on any atom is 0.406 e. The summed E-state index contributed by atoms with van der Waals surface area (Å²) in [5, 5.41) is 14.2. The fourth-order valence-corrected chi connectivity index (χ4v) is 7.67. The molecule has 1 fully saturated rings. The smallest absolute Gasteiger partial charge is 0.406 e. The number of alkyl halides is 3. The molecule has 3 aliphatic heterocycles. The van der Waals surface area contributed by atoms with Crippen LogP contribution in [-0.2, 0) is 36.1 Å². The molecule has 0 aliphatic carbocycles. The molecule has 12 nitrogen and oxygen atoms in total. The Morgan fingerprint density at radius 2 is 1.76 bits per heavy atom. The van der Waals surface area contributed by atoms with E-state index in [1.807, 2.05) is 18.2 Å². The highest BCUT2D eigenvalue weighted by atomic mass is 19.4. The molecule has 1 N–H and O–H groups in total. The lowest BCUT2D eigenvalue weighted by Crippen LogP contribution is -2.52. The summed E-state index contributed by atoms with van der Waals surface area (Å²) < 4.78 is 63.3. The van der Waals surface area contributed by atoms with Crippen LogP contribution in [0.2, 0.25) is 0 Å². The molecule has 0 radical (unpaired) electrons. The minimum atomic E-state index is -4.70. The van der Waals surface area contributed by atoms with Crippen LogP contribution in [0.4, 0.5) is 24.5 Å². The summed E-state index contributed by atoms with van der Waals surface area (Å²) in [6, 6.07) is 16.6. The predicted molar refractivity (Wildman–Crippen MR) is 195 cm³/mol. The number of anilines is 2. The number of carbonyl (C=O) groups is 2. The first-order chi connectivity index (χ1) is 26.4. The number of carbonyl (C=O) groups excluding carboxylic acids is 2. The third-order valence-electron chi connectivity index (χ3n) is 10.4. The minimum Gasteiger partial charge on any atom is -0.508 e. The van der Waals surface area contributed by atoms with Crippen LogP contribution >= 0.6 is 0 Å². The fraction of sp³-hybridized carbons (Fsp3) is 0.325. The summed E-state index contributed by atoms with van der Waals surface area (Å²) in [5.74, 6) is -1.03. The van der Waals surface area contributed by atoms with Crippen molar-refractivity contribution >= 4 is 29.3 Å². The second-order valence-electron chi connectivity index (χ2n) is 14.0. The molecule has 1 unspecified atom stereocenters. The van der Waals surface area contributed by atoms with E-state index in [4.69, 9.17) is 13.9 Å². The monoisotopic (exact) mass is 756 g/mol. The van der Waals surface area contributed by atoms with Crippen molar-refractivity contribution in [3.8, 4) is 11.7 Å². The van der Waals surface area contributed by atoms with Crippen molar-refractivity contribution in [1.82, 2.24) is 24.1 Å². The normalized spacial score (nSPS) is 18.6. The number of aryl methyl sites for hydroxylation is 1. The van der Waals surface area contributed by atoms with E-state index in [2.05, 4.69) is 16.1 Å². The molecule has 1 saturated heterocycles. The Hall–Kier alpha value is -5.80. The summed E-state index contributed by atoms with van der Waals surface area (Å²) in [5.41, 5.74) is 3.33. The van der Waals surface area contributed by atoms with Gasteiger partial charge in [0.1, 0.15) is 12.3 Å². The van der Waals surface area contributed by atoms with Crippen molar-refractivity contribution in [3.05, 3.63) is 119 Å². The molecule has 6 heterocycles. The average molecular weight is 757 g/mol. The number of nitrogens with zero attached hydrogens (tertiary/aromatic N) is 6. The van der Waals surface area contributed by atoms with Crippen LogP contribution in [0, 0.1) is 6.92 Å². The first-order valence-corrected chi connectivity index (χ1v) is 18.0. The summed E-state index contributed by atoms with van der Waals surface area (Å²) in [6.07, 6.45) is 0.593. The van der Waals surface area contributed by atoms with E-state index >= 15 is 4.79 Å². The molecule has 15 heteroatoms. The number of hydrogen-bond acceptors (Lipinski definition) is 8. The zero-order valence-corrected chi connectivity index (χ0v) is 30.2. The number of morpholine rings is 1. The number of aromatic hydroxyl groups is 1. The van der Waals surface area contributed by atoms with E-state index in [0.29, 0.717) is 62.8 Å². The summed E-state index contributed by atoms with van der Waals surface area (Å²) in [4.78, 5) is 35.0. The Kier molecular flexibility index (Phi) is 9.51. The third-order valence-corrected chi connectivity index (χ3v) is 10.4. The molecule has 0 bridgehead atoms. The molecule has 2 atom stereocenters. The van der Waals surface area contributed by atoms with Gasteiger partial charge in [0.2, 0.25) is 0 Å². The van der Waals surface area contributed by atoms with Crippen LogP contribution < -0.4 is 9.64 Å². The van der Waals surface area contributed by atoms with Gasteiger partial charge in [-0.15, -0.1) is 0 Å². The van der Waals surface area contributed by atoms with Gasteiger partial charge in [0.25, 0.3) is 17.8 Å². The van der Waals surface area contributed by atoms with Crippen molar-refractivity contribution in [2.45, 2.75) is 44.8 Å². The van der Waals surface area contributed by atoms with E-state index in [9.17, 15) is 23.1 Å². The van der Waals surface area contributed by atoms with Crippen molar-refractivity contribution in [3.63, 3.8) is 0 Å². The number of phenols is 1. The molecule has 0 saturated carbocycles. The molecule has 8 rings (SSSR count). The summed E-state index contributed by atoms with van der Waals surface area (Å²) in [7, 11) is 1.67. The summed E-state index contributed by atoms with van der Waals surface area (Å²) >= 11 is 0. The number of furan rings is 1. The number of phenolic OH excluding ortho intramolecular Hbond substituents is 1. The molecule has 3 aromatic heterocycles. The largest absolute Gasteiger partial charge is 0.508 e. The van der Waals surface area contributed by atoms with E-state index in [0.717, 1.165) is 15.7 Å². The number of aromatic nitrogens is 3. The van der Waals surface area contributed by atoms with Crippen molar-refractivity contribution in [2.24, 2.45) is 7.05 Å². The Bertz CT molecular complexity index is 2250. The first kappa shape index (κ1) is 36.2. The number of rotatable bonds is 8. The van der Waals surface area contributed by atoms with Gasteiger partial charge >= 0.3 is 6.18 Å². The molecule has 0 spiro atoms. The van der Waals surface area contributed by atoms with Gasteiger partial charge in [0, 0.05) is 56.8 Å². The Balaban J connectivity index is 1.22. The molecule has 286 valence electrons. The van der Waals surface area contributed by atoms with Crippen LogP contribution in [0.1, 0.15) is 44.5 Å². The predicted octanol–water partition coefficient (Wildman–Crippen LogP) is 6.17. The number of hydrogen-bond donors (Lipinski definition) is 1. The second kappa shape index (κ2) is 14.5. The second-order valence-corrected chi connectivity index (χ2v) is 14.0. The lowest BCUT2D eigenvalue weighted by molar-refractivity contribution is -0.141. The van der Waals surface area contributed by atoms with Gasteiger partial charge in [-0.2, -0.15) is 18.3 Å². The Labute approximate surface area is 314 Å². The van der Waals surface area contributed by atoms with Crippen LogP contribution in [0.25, 0.3) is 6.08 Å². The molecule has 55 heavy (non-hydrogen) atoms. The lowest BCUT2D eigenvalue weighted by Gasteiger charge is -2.41. The van der Waals surface area contributed by atoms with Crippen molar-refractivity contribution in [1.29, 1.82) is 0 Å². The van der Waals surface area contributed by atoms with Crippen molar-refractivity contribution in [2.75, 3.05) is 37.7 Å². The lowest BCUT2D eigenvalue weighted by atomic mass is 9.91. The van der Waals surface area contributed by atoms with Gasteiger partial charge in [-0.25, -0.2) is 0 Å². The van der Waals surface area contributed by atoms with E-state index < -0.39 is 30.6 Å². The van der Waals surface area contributed by atoms with Gasteiger partial charge in [0.15, 0.2) is 6.10 Å². The molecule has 3 aliphatic rings. The maximum absolute atomic E-state index is 15.0. The van der Waals surface area contributed by atoms with Crippen LogP contribution in [-0.4, -0.2) is 86.1 Å². The van der Waals surface area contributed by atoms with Gasteiger partial charge < -0.3 is 28.5 Å². The number of fused-ring (bicyclic) bond motifs is 2. The molecule has 2 aromatic carbocycles. The highest BCUT2D eigenvalue weighted by molar-refractivity contribution is 6.11. The average Bonchev–Trinajstić information content (AvgIpc) is 3.89. The van der Waals surface area contributed by atoms with Crippen molar-refractivity contribution < 1.29 is 41.8 Å². The van der Waals surface area contributed by atoms with Crippen LogP contribution in [0.5, 0.6) is 11.7 Å². The van der Waals surface area contributed by atoms with E-state index in [1.165, 1.54) is 59.3 Å². The standard InChI is InChI=1S/C40H39F3N6O6/c1-25-33(38(52)49(31-20-44-45(2)22-31)29-7-9-32(50)10-8-29)19-35(48(25)24-40(41,42)43)36-34(18-27-11-14-54-39(27)55-36)37(51)47-21-28-6-4-3-5-26(28)17-30(47)23-46-12-15-53-16-13-46/h3-11,14,18-20,22,30,36,50H,12-13,15-17,21,23-24H2,1-2H3/t30-,36?/m0/s1. The third kappa shape index (κ3) is 7.24. The van der Waals surface area contributed by atoms with Gasteiger partial charge in [-0.1, -0.05) is 24.3 Å². The van der Waals surface area contributed by atoms with Crippen LogP contribution in [0.15, 0.2) is 89.3 Å². The molecule has 5 aromatic rings. The molecule has 2 amide bonds. The topological polar surface area (TPSA) is 118 Å². The van der Waals surface area contributed by atoms with Crippen LogP contribution in [0.3, 0.4) is 0 Å². The highest BCUT2D eigenvalue weighted by Gasteiger charge is 2.42. The molecular formula is C40H39F3N6O6. The first-order valence-electron chi connectivity index (χ1n) is 18.0. The number of amides is 2. The number of benzene rings is 2. The number of halogens is 3. The highest BCUT2D eigenvalue weighted by Crippen LogP contribution is 2.42. The Morgan fingerprint density at radius 3 is 2.47 bits per heavy atom. The van der Waals surface area contributed by atoms with E-state index in [-0.39, 0.29) is 40.3 Å². The quantitative estimate of drug-likeness (QED) is 0.200. The van der Waals surface area contributed by atoms with E-state index in [1.54, 1.807) is 30.3 Å². The zero-order valence-electron chi connectivity index (χ0n) is 30.2. The Morgan fingerprint density at radius 1 is 1.02 bits per heavy atom. The van der Waals surface area contributed by atoms with Gasteiger partial charge in [-0.3, -0.25) is 24.1 Å². The zero-order chi connectivity index (χ0) is 38.4. The molecular weight excluding hydrogens is 717 g/mol. The summed E-state index contributed by atoms with van der Waals surface area (Å²) in [6.45, 7) is 3.48.